The van der Waals surface area contributed by atoms with Gasteiger partial charge in [-0.25, -0.2) is 0 Å². The third-order valence-corrected chi connectivity index (χ3v) is 3.25. The Balaban J connectivity index is 0.000000461. The van der Waals surface area contributed by atoms with Gasteiger partial charge >= 0.3 is 0 Å². The molecule has 78 valence electrons. The first kappa shape index (κ1) is 11.6. The molecule has 0 heterocycles. The van der Waals surface area contributed by atoms with Crippen molar-refractivity contribution in [2.45, 2.75) is 45.4 Å². The maximum atomic E-state index is 5.82. The normalized spacial score (nSPS) is 17.7. The van der Waals surface area contributed by atoms with Gasteiger partial charge in [-0.3, -0.25) is 0 Å². The molecule has 0 unspecified atom stereocenters. The molecule has 0 aliphatic heterocycles. The predicted octanol–water partition coefficient (Wildman–Crippen LogP) is 4.81. The monoisotopic (exact) mass is 210 g/mol. The van der Waals surface area contributed by atoms with E-state index in [9.17, 15) is 0 Å². The van der Waals surface area contributed by atoms with E-state index in [2.05, 4.69) is 19.1 Å². The molecule has 0 bridgehead atoms. The number of hydrogen-bond donors (Lipinski definition) is 0. The average molecular weight is 211 g/mol. The lowest BCUT2D eigenvalue weighted by atomic mass is 9.66. The Kier molecular flexibility index (Phi) is 4.00. The van der Waals surface area contributed by atoms with Crippen LogP contribution >= 0.6 is 11.6 Å². The fraction of sp³-hybridized carbons (Fsp3) is 0.538. The summed E-state index contributed by atoms with van der Waals surface area (Å²) in [4.78, 5) is 0. The van der Waals surface area contributed by atoms with Crippen LogP contribution in [0, 0.1) is 0 Å². The van der Waals surface area contributed by atoms with Gasteiger partial charge in [0.25, 0.3) is 0 Å². The summed E-state index contributed by atoms with van der Waals surface area (Å²) in [5.74, 6) is 0. The number of hydrogen-bond acceptors (Lipinski definition) is 0. The van der Waals surface area contributed by atoms with E-state index in [1.165, 1.54) is 24.8 Å². The van der Waals surface area contributed by atoms with Gasteiger partial charge in [-0.2, -0.15) is 0 Å². The molecule has 2 rings (SSSR count). The quantitative estimate of drug-likeness (QED) is 0.624. The Bertz CT molecular complexity index is 270. The SMILES string of the molecule is CC.CC1(c2ccc(Cl)cc2)CCC1. The first-order valence-corrected chi connectivity index (χ1v) is 5.85. The predicted molar refractivity (Wildman–Crippen MR) is 64.0 cm³/mol. The lowest BCUT2D eigenvalue weighted by Gasteiger charge is -2.39. The molecule has 0 radical (unpaired) electrons. The number of benzene rings is 1. The van der Waals surface area contributed by atoms with Crippen LogP contribution < -0.4 is 0 Å². The van der Waals surface area contributed by atoms with Crippen molar-refractivity contribution in [3.63, 3.8) is 0 Å². The van der Waals surface area contributed by atoms with Crippen molar-refractivity contribution < 1.29 is 0 Å². The summed E-state index contributed by atoms with van der Waals surface area (Å²) in [7, 11) is 0. The Hall–Kier alpha value is -0.490. The molecule has 0 saturated heterocycles. The average Bonchev–Trinajstić information content (AvgIpc) is 2.19. The topological polar surface area (TPSA) is 0 Å². The number of rotatable bonds is 1. The van der Waals surface area contributed by atoms with Gasteiger partial charge < -0.3 is 0 Å². The molecule has 1 aliphatic rings. The van der Waals surface area contributed by atoms with Crippen molar-refractivity contribution in [2.24, 2.45) is 0 Å². The molecular formula is C13H19Cl. The Morgan fingerprint density at radius 1 is 1.07 bits per heavy atom. The standard InChI is InChI=1S/C11H13Cl.C2H6/c1-11(7-2-8-11)9-3-5-10(12)6-4-9;1-2/h3-6H,2,7-8H2,1H3;1-2H3. The van der Waals surface area contributed by atoms with Gasteiger partial charge in [-0.05, 0) is 36.0 Å². The van der Waals surface area contributed by atoms with Crippen molar-refractivity contribution in [2.75, 3.05) is 0 Å². The fourth-order valence-corrected chi connectivity index (χ4v) is 1.97. The molecule has 0 aromatic heterocycles. The highest BCUT2D eigenvalue weighted by Crippen LogP contribution is 2.43. The second-order valence-corrected chi connectivity index (χ2v) is 4.36. The van der Waals surface area contributed by atoms with Gasteiger partial charge in [0, 0.05) is 5.02 Å². The molecule has 1 saturated carbocycles. The summed E-state index contributed by atoms with van der Waals surface area (Å²) in [6.07, 6.45) is 4.03. The molecule has 0 N–H and O–H groups in total. The summed E-state index contributed by atoms with van der Waals surface area (Å²) in [5, 5.41) is 0.835. The van der Waals surface area contributed by atoms with Crippen LogP contribution in [0.1, 0.15) is 45.6 Å². The molecule has 0 spiro atoms. The van der Waals surface area contributed by atoms with Gasteiger partial charge in [0.05, 0.1) is 0 Å². The van der Waals surface area contributed by atoms with Gasteiger partial charge in [0.1, 0.15) is 0 Å². The maximum absolute atomic E-state index is 5.82. The molecular weight excluding hydrogens is 192 g/mol. The minimum Gasteiger partial charge on any atom is -0.0843 e. The highest BCUT2D eigenvalue weighted by atomic mass is 35.5. The van der Waals surface area contributed by atoms with Gasteiger partial charge in [-0.15, -0.1) is 0 Å². The smallest absolute Gasteiger partial charge is 0.0406 e. The molecule has 1 heteroatoms. The molecule has 14 heavy (non-hydrogen) atoms. The van der Waals surface area contributed by atoms with E-state index in [1.807, 2.05) is 26.0 Å². The van der Waals surface area contributed by atoms with Gasteiger partial charge in [0.2, 0.25) is 0 Å². The van der Waals surface area contributed by atoms with E-state index in [-0.39, 0.29) is 0 Å². The third kappa shape index (κ3) is 2.30. The van der Waals surface area contributed by atoms with E-state index >= 15 is 0 Å². The van der Waals surface area contributed by atoms with Crippen LogP contribution in [0.4, 0.5) is 0 Å². The second-order valence-electron chi connectivity index (χ2n) is 3.92. The van der Waals surface area contributed by atoms with Crippen LogP contribution in [-0.2, 0) is 5.41 Å². The van der Waals surface area contributed by atoms with Crippen molar-refractivity contribution in [3.05, 3.63) is 34.9 Å². The summed E-state index contributed by atoms with van der Waals surface area (Å²) < 4.78 is 0. The zero-order chi connectivity index (χ0) is 10.6. The minimum atomic E-state index is 0.449. The van der Waals surface area contributed by atoms with Crippen molar-refractivity contribution >= 4 is 11.6 Å². The lowest BCUT2D eigenvalue weighted by Crippen LogP contribution is -2.30. The molecule has 1 aromatic carbocycles. The van der Waals surface area contributed by atoms with Crippen LogP contribution in [0.25, 0.3) is 0 Å². The Morgan fingerprint density at radius 3 is 1.93 bits per heavy atom. The first-order valence-electron chi connectivity index (χ1n) is 5.47. The maximum Gasteiger partial charge on any atom is 0.0406 e. The van der Waals surface area contributed by atoms with Crippen LogP contribution in [0.3, 0.4) is 0 Å². The molecule has 0 atom stereocenters. The summed E-state index contributed by atoms with van der Waals surface area (Å²) >= 11 is 5.82. The van der Waals surface area contributed by atoms with Crippen LogP contribution in [-0.4, -0.2) is 0 Å². The van der Waals surface area contributed by atoms with E-state index in [0.717, 1.165) is 5.02 Å². The van der Waals surface area contributed by atoms with Gasteiger partial charge in [-0.1, -0.05) is 50.9 Å². The zero-order valence-corrected chi connectivity index (χ0v) is 10.1. The lowest BCUT2D eigenvalue weighted by molar-refractivity contribution is 0.272. The van der Waals surface area contributed by atoms with Crippen LogP contribution in [0.5, 0.6) is 0 Å². The number of halogens is 1. The van der Waals surface area contributed by atoms with E-state index < -0.39 is 0 Å². The molecule has 0 nitrogen and oxygen atoms in total. The van der Waals surface area contributed by atoms with E-state index in [4.69, 9.17) is 11.6 Å². The minimum absolute atomic E-state index is 0.449. The molecule has 1 fully saturated rings. The fourth-order valence-electron chi connectivity index (χ4n) is 1.85. The zero-order valence-electron chi connectivity index (χ0n) is 9.31. The largest absolute Gasteiger partial charge is 0.0843 e. The Morgan fingerprint density at radius 2 is 1.57 bits per heavy atom. The first-order chi connectivity index (χ1) is 6.71. The van der Waals surface area contributed by atoms with Crippen molar-refractivity contribution in [1.82, 2.24) is 0 Å². The summed E-state index contributed by atoms with van der Waals surface area (Å²) in [5.41, 5.74) is 1.89. The van der Waals surface area contributed by atoms with Crippen LogP contribution in [0.15, 0.2) is 24.3 Å². The third-order valence-electron chi connectivity index (χ3n) is 3.00. The summed E-state index contributed by atoms with van der Waals surface area (Å²) in [6, 6.07) is 8.28. The molecule has 1 aliphatic carbocycles. The van der Waals surface area contributed by atoms with Crippen molar-refractivity contribution in [3.8, 4) is 0 Å². The molecule has 1 aromatic rings. The Labute approximate surface area is 92.3 Å². The van der Waals surface area contributed by atoms with Crippen molar-refractivity contribution in [1.29, 1.82) is 0 Å². The van der Waals surface area contributed by atoms with Crippen LogP contribution in [0.2, 0.25) is 5.02 Å². The van der Waals surface area contributed by atoms with E-state index in [1.54, 1.807) is 0 Å². The summed E-state index contributed by atoms with van der Waals surface area (Å²) in [6.45, 7) is 6.33. The highest BCUT2D eigenvalue weighted by Gasteiger charge is 2.33. The second kappa shape index (κ2) is 4.84. The molecule has 0 amide bonds. The highest BCUT2D eigenvalue weighted by molar-refractivity contribution is 6.30. The van der Waals surface area contributed by atoms with E-state index in [0.29, 0.717) is 5.41 Å². The van der Waals surface area contributed by atoms with Gasteiger partial charge in [0.15, 0.2) is 0 Å².